The van der Waals surface area contributed by atoms with Gasteiger partial charge in [0.25, 0.3) is 5.91 Å². The number of carbonyl (C=O) groups is 3. The first kappa shape index (κ1) is 17.9. The minimum atomic E-state index is -0.792. The first-order valence-electron chi connectivity index (χ1n) is 7.64. The minimum Gasteiger partial charge on any atom is -0.319 e. The quantitative estimate of drug-likeness (QED) is 0.490. The summed E-state index contributed by atoms with van der Waals surface area (Å²) in [5, 5.41) is 2.89. The fraction of sp³-hybridized carbons (Fsp3) is 0.211. The molecule has 5 heteroatoms. The Hall–Kier alpha value is -2.46. The summed E-state index contributed by atoms with van der Waals surface area (Å²) in [6.07, 6.45) is 0.215. The molecule has 0 unspecified atom stereocenters. The summed E-state index contributed by atoms with van der Waals surface area (Å²) in [6, 6.07) is 12.1. The van der Waals surface area contributed by atoms with Crippen LogP contribution in [0.3, 0.4) is 0 Å². The van der Waals surface area contributed by atoms with E-state index in [9.17, 15) is 14.4 Å². The highest BCUT2D eigenvalue weighted by Crippen LogP contribution is 2.21. The lowest BCUT2D eigenvalue weighted by Gasteiger charge is -2.12. The Balaban J connectivity index is 2.10. The molecule has 0 saturated carbocycles. The average Bonchev–Trinajstić information content (AvgIpc) is 2.56. The molecular weight excluding hydrogens is 326 g/mol. The van der Waals surface area contributed by atoms with E-state index in [0.717, 1.165) is 17.5 Å². The lowest BCUT2D eigenvalue weighted by atomic mass is 10.0. The van der Waals surface area contributed by atoms with Crippen molar-refractivity contribution in [1.29, 1.82) is 0 Å². The standard InChI is InChI=1S/C19H18ClNO3/c1-3-13-8-6-7-12(2)18(13)21-19(24)17(23)11-16(22)14-9-4-5-10-15(14)20/h4-10H,3,11H2,1-2H3,(H,21,24). The topological polar surface area (TPSA) is 63.2 Å². The van der Waals surface area contributed by atoms with Crippen molar-refractivity contribution in [3.8, 4) is 0 Å². The molecule has 0 fully saturated rings. The third-order valence-electron chi connectivity index (χ3n) is 3.73. The van der Waals surface area contributed by atoms with E-state index in [4.69, 9.17) is 11.6 Å². The van der Waals surface area contributed by atoms with E-state index in [1.54, 1.807) is 18.2 Å². The van der Waals surface area contributed by atoms with Crippen LogP contribution >= 0.6 is 11.6 Å². The summed E-state index contributed by atoms with van der Waals surface area (Å²) in [7, 11) is 0. The molecule has 1 amide bonds. The van der Waals surface area contributed by atoms with Crippen molar-refractivity contribution in [2.75, 3.05) is 5.32 Å². The number of Topliss-reactive ketones (excluding diaryl/α,β-unsaturated/α-hetero) is 2. The summed E-state index contributed by atoms with van der Waals surface area (Å²) in [6.45, 7) is 3.82. The Bertz CT molecular complexity index is 799. The van der Waals surface area contributed by atoms with Crippen molar-refractivity contribution < 1.29 is 14.4 Å². The van der Waals surface area contributed by atoms with E-state index in [-0.39, 0.29) is 10.6 Å². The molecule has 0 aliphatic rings. The number of benzene rings is 2. The van der Waals surface area contributed by atoms with Crippen molar-refractivity contribution in [2.45, 2.75) is 26.7 Å². The van der Waals surface area contributed by atoms with Crippen LogP contribution in [0.2, 0.25) is 5.02 Å². The minimum absolute atomic E-state index is 0.241. The fourth-order valence-corrected chi connectivity index (χ4v) is 2.64. The zero-order chi connectivity index (χ0) is 17.7. The van der Waals surface area contributed by atoms with Crippen LogP contribution in [0.4, 0.5) is 5.69 Å². The van der Waals surface area contributed by atoms with Crippen molar-refractivity contribution in [3.05, 3.63) is 64.2 Å². The predicted octanol–water partition coefficient (Wildman–Crippen LogP) is 3.99. The molecule has 0 saturated heterocycles. The molecule has 0 spiro atoms. The first-order chi connectivity index (χ1) is 11.4. The molecule has 0 aliphatic carbocycles. The van der Waals surface area contributed by atoms with Crippen molar-refractivity contribution in [3.63, 3.8) is 0 Å². The van der Waals surface area contributed by atoms with E-state index in [1.807, 2.05) is 32.0 Å². The largest absolute Gasteiger partial charge is 0.319 e. The number of halogens is 1. The number of hydrogen-bond donors (Lipinski definition) is 1. The number of ketones is 2. The SMILES string of the molecule is CCc1cccc(C)c1NC(=O)C(=O)CC(=O)c1ccccc1Cl. The van der Waals surface area contributed by atoms with Crippen LogP contribution in [-0.2, 0) is 16.0 Å². The van der Waals surface area contributed by atoms with Gasteiger partial charge in [0.05, 0.1) is 11.4 Å². The van der Waals surface area contributed by atoms with Gasteiger partial charge in [0.15, 0.2) is 5.78 Å². The number of rotatable bonds is 6. The number of nitrogens with one attached hydrogen (secondary N) is 1. The maximum atomic E-state index is 12.1. The highest BCUT2D eigenvalue weighted by Gasteiger charge is 2.21. The summed E-state index contributed by atoms with van der Waals surface area (Å²) in [4.78, 5) is 36.4. The summed E-state index contributed by atoms with van der Waals surface area (Å²) >= 11 is 5.94. The number of para-hydroxylation sites is 1. The molecule has 0 radical (unpaired) electrons. The van der Waals surface area contributed by atoms with E-state index in [1.165, 1.54) is 6.07 Å². The zero-order valence-corrected chi connectivity index (χ0v) is 14.3. The van der Waals surface area contributed by atoms with Crippen LogP contribution < -0.4 is 5.32 Å². The normalized spacial score (nSPS) is 10.3. The Kier molecular flexibility index (Phi) is 5.88. The second kappa shape index (κ2) is 7.88. The van der Waals surface area contributed by atoms with Gasteiger partial charge in [0.1, 0.15) is 0 Å². The monoisotopic (exact) mass is 343 g/mol. The van der Waals surface area contributed by atoms with Gasteiger partial charge in [0, 0.05) is 11.3 Å². The van der Waals surface area contributed by atoms with E-state index < -0.39 is 23.9 Å². The molecule has 0 heterocycles. The highest BCUT2D eigenvalue weighted by atomic mass is 35.5. The molecule has 2 rings (SSSR count). The summed E-state index contributed by atoms with van der Waals surface area (Å²) in [5.74, 6) is -2.05. The maximum Gasteiger partial charge on any atom is 0.292 e. The lowest BCUT2D eigenvalue weighted by Crippen LogP contribution is -2.26. The Labute approximate surface area is 145 Å². The predicted molar refractivity (Wildman–Crippen MR) is 94.6 cm³/mol. The highest BCUT2D eigenvalue weighted by molar-refractivity contribution is 6.44. The molecule has 24 heavy (non-hydrogen) atoms. The molecule has 1 N–H and O–H groups in total. The Morgan fingerprint density at radius 2 is 1.75 bits per heavy atom. The van der Waals surface area contributed by atoms with E-state index >= 15 is 0 Å². The van der Waals surface area contributed by atoms with Gasteiger partial charge >= 0.3 is 0 Å². The molecule has 124 valence electrons. The van der Waals surface area contributed by atoms with Crippen LogP contribution in [0, 0.1) is 6.92 Å². The van der Waals surface area contributed by atoms with Gasteiger partial charge in [-0.1, -0.05) is 48.9 Å². The zero-order valence-electron chi connectivity index (χ0n) is 13.6. The molecule has 0 atom stereocenters. The van der Waals surface area contributed by atoms with E-state index in [2.05, 4.69) is 5.32 Å². The van der Waals surface area contributed by atoms with Crippen molar-refractivity contribution >= 4 is 34.8 Å². The number of carbonyl (C=O) groups excluding carboxylic acids is 3. The third-order valence-corrected chi connectivity index (χ3v) is 4.06. The second-order valence-corrected chi connectivity index (χ2v) is 5.83. The fourth-order valence-electron chi connectivity index (χ4n) is 2.39. The smallest absolute Gasteiger partial charge is 0.292 e. The molecule has 2 aromatic rings. The molecule has 4 nitrogen and oxygen atoms in total. The second-order valence-electron chi connectivity index (χ2n) is 5.42. The number of aryl methyl sites for hydroxylation is 2. The van der Waals surface area contributed by atoms with Crippen LogP contribution in [-0.4, -0.2) is 17.5 Å². The van der Waals surface area contributed by atoms with Crippen LogP contribution in [0.5, 0.6) is 0 Å². The number of hydrogen-bond acceptors (Lipinski definition) is 3. The molecule has 0 aliphatic heterocycles. The molecular formula is C19H18ClNO3. The van der Waals surface area contributed by atoms with Gasteiger partial charge in [-0.05, 0) is 36.6 Å². The molecule has 2 aromatic carbocycles. The third kappa shape index (κ3) is 4.09. The van der Waals surface area contributed by atoms with Gasteiger partial charge in [0.2, 0.25) is 5.78 Å². The van der Waals surface area contributed by atoms with Gasteiger partial charge in [-0.2, -0.15) is 0 Å². The molecule has 0 aromatic heterocycles. The summed E-state index contributed by atoms with van der Waals surface area (Å²) in [5.41, 5.74) is 2.68. The maximum absolute atomic E-state index is 12.1. The Morgan fingerprint density at radius 3 is 2.42 bits per heavy atom. The number of anilines is 1. The molecule has 0 bridgehead atoms. The first-order valence-corrected chi connectivity index (χ1v) is 8.02. The lowest BCUT2D eigenvalue weighted by molar-refractivity contribution is -0.134. The number of amides is 1. The van der Waals surface area contributed by atoms with Gasteiger partial charge in [-0.3, -0.25) is 14.4 Å². The van der Waals surface area contributed by atoms with E-state index in [0.29, 0.717) is 5.69 Å². The van der Waals surface area contributed by atoms with Crippen LogP contribution in [0.1, 0.15) is 34.8 Å². The van der Waals surface area contributed by atoms with Gasteiger partial charge < -0.3 is 5.32 Å². The van der Waals surface area contributed by atoms with Crippen molar-refractivity contribution in [1.82, 2.24) is 0 Å². The van der Waals surface area contributed by atoms with Gasteiger partial charge in [-0.25, -0.2) is 0 Å². The van der Waals surface area contributed by atoms with Gasteiger partial charge in [-0.15, -0.1) is 0 Å². The Morgan fingerprint density at radius 1 is 1.04 bits per heavy atom. The average molecular weight is 344 g/mol. The van der Waals surface area contributed by atoms with Crippen LogP contribution in [0.25, 0.3) is 0 Å². The van der Waals surface area contributed by atoms with Crippen molar-refractivity contribution in [2.24, 2.45) is 0 Å². The van der Waals surface area contributed by atoms with Crippen LogP contribution in [0.15, 0.2) is 42.5 Å². The summed E-state index contributed by atoms with van der Waals surface area (Å²) < 4.78 is 0.